The van der Waals surface area contributed by atoms with Gasteiger partial charge in [-0.1, -0.05) is 43.3 Å². The minimum atomic E-state index is -0.800. The molecule has 0 fully saturated rings. The number of carboxylic acid groups (broad SMARTS) is 1. The Hall–Kier alpha value is -2.88. The third kappa shape index (κ3) is 3.54. The molecule has 122 valence electrons. The predicted octanol–water partition coefficient (Wildman–Crippen LogP) is 4.39. The molecule has 1 N–H and O–H groups in total. The summed E-state index contributed by atoms with van der Waals surface area (Å²) in [5.41, 5.74) is 2.59. The van der Waals surface area contributed by atoms with E-state index in [9.17, 15) is 9.90 Å². The van der Waals surface area contributed by atoms with E-state index in [1.54, 1.807) is 0 Å². The molecule has 4 nitrogen and oxygen atoms in total. The zero-order valence-corrected chi connectivity index (χ0v) is 13.5. The van der Waals surface area contributed by atoms with E-state index in [1.165, 1.54) is 0 Å². The van der Waals surface area contributed by atoms with Crippen LogP contribution >= 0.6 is 0 Å². The van der Waals surface area contributed by atoms with Crippen molar-refractivity contribution in [2.75, 3.05) is 0 Å². The molecule has 0 aliphatic heterocycles. The molecule has 0 bridgehead atoms. The third-order valence-electron chi connectivity index (χ3n) is 4.03. The molecule has 4 heteroatoms. The van der Waals surface area contributed by atoms with E-state index in [1.807, 2.05) is 67.6 Å². The monoisotopic (exact) mass is 321 g/mol. The minimum absolute atomic E-state index is 0.375. The standard InChI is InChI=1S/C20H19NO3/c1-2-18(20(22)23)14-8-11-17(12-9-14)24-13-16-10-7-15-5-3-4-6-19(15)21-16/h3-12,18H,2,13H2,1H3,(H,22,23). The predicted molar refractivity (Wildman–Crippen MR) is 93.2 cm³/mol. The quantitative estimate of drug-likeness (QED) is 0.731. The molecule has 0 aliphatic rings. The number of fused-ring (bicyclic) bond motifs is 1. The van der Waals surface area contributed by atoms with Crippen molar-refractivity contribution in [3.63, 3.8) is 0 Å². The summed E-state index contributed by atoms with van der Waals surface area (Å²) in [5.74, 6) is -0.568. The Morgan fingerprint density at radius 1 is 1.08 bits per heavy atom. The van der Waals surface area contributed by atoms with Crippen LogP contribution in [0, 0.1) is 0 Å². The molecule has 1 aromatic heterocycles. The van der Waals surface area contributed by atoms with Gasteiger partial charge in [-0.25, -0.2) is 4.98 Å². The second-order valence-electron chi connectivity index (χ2n) is 5.65. The van der Waals surface area contributed by atoms with Gasteiger partial charge in [0.25, 0.3) is 0 Å². The highest BCUT2D eigenvalue weighted by Gasteiger charge is 2.17. The molecule has 24 heavy (non-hydrogen) atoms. The summed E-state index contributed by atoms with van der Waals surface area (Å²) in [4.78, 5) is 15.8. The number of carboxylic acids is 1. The molecule has 0 saturated heterocycles. The van der Waals surface area contributed by atoms with Crippen LogP contribution in [0.3, 0.4) is 0 Å². The van der Waals surface area contributed by atoms with Crippen LogP contribution in [0.15, 0.2) is 60.7 Å². The van der Waals surface area contributed by atoms with Crippen LogP contribution in [0.2, 0.25) is 0 Å². The van der Waals surface area contributed by atoms with Gasteiger partial charge in [0.2, 0.25) is 0 Å². The second kappa shape index (κ2) is 7.13. The molecule has 0 aliphatic carbocycles. The molecule has 1 heterocycles. The molecule has 3 rings (SSSR count). The number of pyridine rings is 1. The van der Waals surface area contributed by atoms with E-state index in [-0.39, 0.29) is 0 Å². The molecular formula is C20H19NO3. The van der Waals surface area contributed by atoms with E-state index >= 15 is 0 Å². The van der Waals surface area contributed by atoms with Crippen molar-refractivity contribution in [2.24, 2.45) is 0 Å². The van der Waals surface area contributed by atoms with Gasteiger partial charge < -0.3 is 9.84 Å². The number of ether oxygens (including phenoxy) is 1. The van der Waals surface area contributed by atoms with Crippen LogP contribution in [0.25, 0.3) is 10.9 Å². The number of hydrogen-bond acceptors (Lipinski definition) is 3. The largest absolute Gasteiger partial charge is 0.487 e. The van der Waals surface area contributed by atoms with Crippen LogP contribution in [0.4, 0.5) is 0 Å². The Morgan fingerprint density at radius 3 is 2.54 bits per heavy atom. The average Bonchev–Trinajstić information content (AvgIpc) is 2.61. The fourth-order valence-electron chi connectivity index (χ4n) is 2.70. The molecule has 0 spiro atoms. The summed E-state index contributed by atoms with van der Waals surface area (Å²) in [5, 5.41) is 10.3. The maximum Gasteiger partial charge on any atom is 0.310 e. The van der Waals surface area contributed by atoms with Gasteiger partial charge in [-0.15, -0.1) is 0 Å². The van der Waals surface area contributed by atoms with Crippen LogP contribution in [-0.2, 0) is 11.4 Å². The van der Waals surface area contributed by atoms with Crippen molar-refractivity contribution in [3.05, 3.63) is 71.9 Å². The number of benzene rings is 2. The zero-order chi connectivity index (χ0) is 16.9. The zero-order valence-electron chi connectivity index (χ0n) is 13.5. The van der Waals surface area contributed by atoms with Crippen LogP contribution in [0.1, 0.15) is 30.5 Å². The summed E-state index contributed by atoms with van der Waals surface area (Å²) in [6, 6.07) is 19.2. The summed E-state index contributed by atoms with van der Waals surface area (Å²) in [6.07, 6.45) is 0.566. The number of nitrogens with zero attached hydrogens (tertiary/aromatic N) is 1. The van der Waals surface area contributed by atoms with Crippen molar-refractivity contribution in [3.8, 4) is 5.75 Å². The highest BCUT2D eigenvalue weighted by Crippen LogP contribution is 2.23. The summed E-state index contributed by atoms with van der Waals surface area (Å²) >= 11 is 0. The van der Waals surface area contributed by atoms with Gasteiger partial charge in [-0.05, 0) is 36.2 Å². The molecule has 2 aromatic carbocycles. The van der Waals surface area contributed by atoms with Crippen molar-refractivity contribution < 1.29 is 14.6 Å². The van der Waals surface area contributed by atoms with Crippen molar-refractivity contribution in [2.45, 2.75) is 25.9 Å². The maximum atomic E-state index is 11.2. The van der Waals surface area contributed by atoms with Gasteiger partial charge in [0.15, 0.2) is 0 Å². The summed E-state index contributed by atoms with van der Waals surface area (Å²) in [7, 11) is 0. The van der Waals surface area contributed by atoms with Gasteiger partial charge in [0, 0.05) is 5.39 Å². The molecule has 0 saturated carbocycles. The highest BCUT2D eigenvalue weighted by molar-refractivity contribution is 5.78. The highest BCUT2D eigenvalue weighted by atomic mass is 16.5. The molecule has 1 unspecified atom stereocenters. The first kappa shape index (κ1) is 16.0. The number of rotatable bonds is 6. The fraction of sp³-hybridized carbons (Fsp3) is 0.200. The van der Waals surface area contributed by atoms with E-state index in [2.05, 4.69) is 4.98 Å². The molecular weight excluding hydrogens is 302 g/mol. The van der Waals surface area contributed by atoms with E-state index in [4.69, 9.17) is 4.74 Å². The SMILES string of the molecule is CCC(C(=O)O)c1ccc(OCc2ccc3ccccc3n2)cc1. The third-order valence-corrected chi connectivity index (χ3v) is 4.03. The van der Waals surface area contributed by atoms with E-state index in [0.29, 0.717) is 18.8 Å². The van der Waals surface area contributed by atoms with Crippen molar-refractivity contribution in [1.82, 2.24) is 4.98 Å². The number of aromatic nitrogens is 1. The lowest BCUT2D eigenvalue weighted by Crippen LogP contribution is -2.10. The molecule has 0 radical (unpaired) electrons. The molecule has 1 atom stereocenters. The van der Waals surface area contributed by atoms with Crippen LogP contribution in [0.5, 0.6) is 5.75 Å². The Bertz CT molecular complexity index is 843. The average molecular weight is 321 g/mol. The van der Waals surface area contributed by atoms with Crippen LogP contribution in [-0.4, -0.2) is 16.1 Å². The van der Waals surface area contributed by atoms with E-state index in [0.717, 1.165) is 22.2 Å². The van der Waals surface area contributed by atoms with Gasteiger partial charge in [0.1, 0.15) is 12.4 Å². The number of carbonyl (C=O) groups is 1. The lowest BCUT2D eigenvalue weighted by molar-refractivity contribution is -0.138. The fourth-order valence-corrected chi connectivity index (χ4v) is 2.70. The Morgan fingerprint density at radius 2 is 1.83 bits per heavy atom. The minimum Gasteiger partial charge on any atom is -0.487 e. The Balaban J connectivity index is 1.68. The Labute approximate surface area is 140 Å². The molecule has 3 aromatic rings. The molecule has 0 amide bonds. The first-order chi connectivity index (χ1) is 11.7. The summed E-state index contributed by atoms with van der Waals surface area (Å²) in [6.45, 7) is 2.24. The van der Waals surface area contributed by atoms with Gasteiger partial charge in [0.05, 0.1) is 17.1 Å². The van der Waals surface area contributed by atoms with Crippen molar-refractivity contribution >= 4 is 16.9 Å². The van der Waals surface area contributed by atoms with Gasteiger partial charge in [-0.3, -0.25) is 4.79 Å². The smallest absolute Gasteiger partial charge is 0.310 e. The van der Waals surface area contributed by atoms with Crippen molar-refractivity contribution in [1.29, 1.82) is 0 Å². The maximum absolute atomic E-state index is 11.2. The number of aliphatic carboxylic acids is 1. The van der Waals surface area contributed by atoms with Gasteiger partial charge >= 0.3 is 5.97 Å². The number of hydrogen-bond donors (Lipinski definition) is 1. The normalized spacial score (nSPS) is 12.0. The first-order valence-corrected chi connectivity index (χ1v) is 7.97. The lowest BCUT2D eigenvalue weighted by Gasteiger charge is -2.11. The second-order valence-corrected chi connectivity index (χ2v) is 5.65. The first-order valence-electron chi connectivity index (χ1n) is 7.97. The number of para-hydroxylation sites is 1. The van der Waals surface area contributed by atoms with Crippen LogP contribution < -0.4 is 4.74 Å². The summed E-state index contributed by atoms with van der Waals surface area (Å²) < 4.78 is 5.76. The topological polar surface area (TPSA) is 59.4 Å². The lowest BCUT2D eigenvalue weighted by atomic mass is 9.97. The Kier molecular flexibility index (Phi) is 4.75. The van der Waals surface area contributed by atoms with E-state index < -0.39 is 11.9 Å². The van der Waals surface area contributed by atoms with Gasteiger partial charge in [-0.2, -0.15) is 0 Å².